The number of carbonyl (C=O) groups excluding carboxylic acids is 2. The van der Waals surface area contributed by atoms with Gasteiger partial charge in [-0.25, -0.2) is 4.98 Å². The van der Waals surface area contributed by atoms with Gasteiger partial charge in [0.05, 0.1) is 0 Å². The van der Waals surface area contributed by atoms with E-state index in [1.807, 2.05) is 13.8 Å². The summed E-state index contributed by atoms with van der Waals surface area (Å²) in [5, 5.41) is 8.56. The average Bonchev–Trinajstić information content (AvgIpc) is 2.44. The van der Waals surface area contributed by atoms with Gasteiger partial charge in [0.1, 0.15) is 11.9 Å². The fourth-order valence-electron chi connectivity index (χ4n) is 1.68. The molecule has 0 aliphatic carbocycles. The summed E-state index contributed by atoms with van der Waals surface area (Å²) < 4.78 is 0. The van der Waals surface area contributed by atoms with Gasteiger partial charge in [0.25, 0.3) is 5.91 Å². The molecule has 3 N–H and O–H groups in total. The minimum atomic E-state index is -0.583. The third kappa shape index (κ3) is 5.81. The highest BCUT2D eigenvalue weighted by Crippen LogP contribution is 2.07. The number of nitrogens with zero attached hydrogens (tertiary/aromatic N) is 1. The quantitative estimate of drug-likeness (QED) is 0.712. The molecule has 1 rings (SSSR count). The van der Waals surface area contributed by atoms with E-state index in [0.717, 1.165) is 13.0 Å². The van der Waals surface area contributed by atoms with Crippen LogP contribution in [0.1, 0.15) is 44.5 Å². The lowest BCUT2D eigenvalue weighted by atomic mass is 10.2. The second-order valence-electron chi connectivity index (χ2n) is 5.21. The lowest BCUT2D eigenvalue weighted by Gasteiger charge is -2.16. The first kappa shape index (κ1) is 16.9. The van der Waals surface area contributed by atoms with Crippen molar-refractivity contribution >= 4 is 17.6 Å². The van der Waals surface area contributed by atoms with Gasteiger partial charge in [0, 0.05) is 24.3 Å². The first-order chi connectivity index (χ1) is 9.93. The van der Waals surface area contributed by atoms with Crippen LogP contribution < -0.4 is 16.0 Å². The number of nitrogens with one attached hydrogen (secondary N) is 3. The maximum Gasteiger partial charge on any atom is 0.252 e. The van der Waals surface area contributed by atoms with E-state index in [2.05, 4.69) is 27.9 Å². The van der Waals surface area contributed by atoms with Crippen molar-refractivity contribution in [3.05, 3.63) is 23.9 Å². The highest BCUT2D eigenvalue weighted by atomic mass is 16.2. The van der Waals surface area contributed by atoms with E-state index in [0.29, 0.717) is 11.4 Å². The second kappa shape index (κ2) is 8.24. The lowest BCUT2D eigenvalue weighted by molar-refractivity contribution is -0.123. The molecule has 0 aliphatic heterocycles. The largest absolute Gasteiger partial charge is 0.370 e. The lowest BCUT2D eigenvalue weighted by Crippen LogP contribution is -2.46. The maximum atomic E-state index is 12.1. The number of anilines is 1. The number of hydrogen-bond donors (Lipinski definition) is 3. The molecule has 0 fully saturated rings. The molecule has 2 amide bonds. The van der Waals surface area contributed by atoms with Crippen molar-refractivity contribution in [2.75, 3.05) is 11.9 Å². The van der Waals surface area contributed by atoms with Crippen molar-refractivity contribution in [1.29, 1.82) is 0 Å². The molecule has 21 heavy (non-hydrogen) atoms. The van der Waals surface area contributed by atoms with Crippen LogP contribution >= 0.6 is 0 Å². The molecule has 1 heterocycles. The minimum Gasteiger partial charge on any atom is -0.370 e. The van der Waals surface area contributed by atoms with E-state index in [1.54, 1.807) is 25.3 Å². The number of rotatable bonds is 7. The third-order valence-electron chi connectivity index (χ3n) is 2.75. The zero-order chi connectivity index (χ0) is 15.8. The molecule has 116 valence electrons. The van der Waals surface area contributed by atoms with Crippen LogP contribution in [0.3, 0.4) is 0 Å². The number of amides is 2. The van der Waals surface area contributed by atoms with Gasteiger partial charge in [-0.2, -0.15) is 0 Å². The molecule has 1 unspecified atom stereocenters. The summed E-state index contributed by atoms with van der Waals surface area (Å²) in [5.41, 5.74) is 0.479. The summed E-state index contributed by atoms with van der Waals surface area (Å²) in [5.74, 6) is 0.170. The van der Waals surface area contributed by atoms with Crippen LogP contribution in [0.15, 0.2) is 18.3 Å². The van der Waals surface area contributed by atoms with Gasteiger partial charge in [0.15, 0.2) is 0 Å². The minimum absolute atomic E-state index is 0.0441. The van der Waals surface area contributed by atoms with Gasteiger partial charge in [-0.1, -0.05) is 6.92 Å². The van der Waals surface area contributed by atoms with Crippen molar-refractivity contribution in [3.8, 4) is 0 Å². The Hall–Kier alpha value is -2.11. The zero-order valence-corrected chi connectivity index (χ0v) is 13.1. The topological polar surface area (TPSA) is 83.1 Å². The second-order valence-corrected chi connectivity index (χ2v) is 5.21. The van der Waals surface area contributed by atoms with E-state index in [1.165, 1.54) is 0 Å². The fourth-order valence-corrected chi connectivity index (χ4v) is 1.68. The van der Waals surface area contributed by atoms with Gasteiger partial charge in [-0.05, 0) is 39.3 Å². The Kier molecular flexibility index (Phi) is 6.65. The van der Waals surface area contributed by atoms with Gasteiger partial charge >= 0.3 is 0 Å². The molecular formula is C15H24N4O2. The summed E-state index contributed by atoms with van der Waals surface area (Å²) in [6.45, 7) is 8.26. The number of pyridine rings is 1. The Bertz CT molecular complexity index is 488. The Morgan fingerprint density at radius 1 is 1.24 bits per heavy atom. The molecule has 6 heteroatoms. The van der Waals surface area contributed by atoms with Crippen LogP contribution in [-0.2, 0) is 4.79 Å². The molecule has 0 aromatic carbocycles. The number of aromatic nitrogens is 1. The molecule has 0 spiro atoms. The third-order valence-corrected chi connectivity index (χ3v) is 2.75. The van der Waals surface area contributed by atoms with Gasteiger partial charge in [-0.3, -0.25) is 9.59 Å². The molecule has 0 radical (unpaired) electrons. The van der Waals surface area contributed by atoms with Crippen LogP contribution in [0, 0.1) is 0 Å². The highest BCUT2D eigenvalue weighted by Gasteiger charge is 2.17. The molecule has 0 aliphatic rings. The Labute approximate surface area is 125 Å². The van der Waals surface area contributed by atoms with Crippen molar-refractivity contribution in [2.45, 2.75) is 46.2 Å². The molecule has 6 nitrogen and oxygen atoms in total. The van der Waals surface area contributed by atoms with E-state index in [-0.39, 0.29) is 17.9 Å². The molecule has 1 aromatic heterocycles. The van der Waals surface area contributed by atoms with Crippen molar-refractivity contribution in [1.82, 2.24) is 15.6 Å². The average molecular weight is 292 g/mol. The standard InChI is InChI=1S/C15H24N4O2/c1-5-7-16-13-9-12(6-8-17-13)15(21)19-11(4)14(20)18-10(2)3/h6,8-11H,5,7H2,1-4H3,(H,16,17)(H,18,20)(H,19,21). The molecule has 0 saturated heterocycles. The highest BCUT2D eigenvalue weighted by molar-refractivity contribution is 5.97. The van der Waals surface area contributed by atoms with Crippen molar-refractivity contribution < 1.29 is 9.59 Å². The summed E-state index contributed by atoms with van der Waals surface area (Å²) in [6, 6.07) is 2.76. The molecule has 0 saturated carbocycles. The van der Waals surface area contributed by atoms with Crippen molar-refractivity contribution in [2.24, 2.45) is 0 Å². The predicted molar refractivity (Wildman–Crippen MR) is 83.2 cm³/mol. The SMILES string of the molecule is CCCNc1cc(C(=O)NC(C)C(=O)NC(C)C)ccn1. The van der Waals surface area contributed by atoms with Crippen LogP contribution in [0.4, 0.5) is 5.82 Å². The van der Waals surface area contributed by atoms with E-state index < -0.39 is 6.04 Å². The van der Waals surface area contributed by atoms with Gasteiger partial charge in [0.2, 0.25) is 5.91 Å². The van der Waals surface area contributed by atoms with E-state index in [4.69, 9.17) is 0 Å². The zero-order valence-electron chi connectivity index (χ0n) is 13.1. The summed E-state index contributed by atoms with van der Waals surface area (Å²) in [4.78, 5) is 28.0. The van der Waals surface area contributed by atoms with E-state index in [9.17, 15) is 9.59 Å². The smallest absolute Gasteiger partial charge is 0.252 e. The van der Waals surface area contributed by atoms with Crippen LogP contribution in [0.2, 0.25) is 0 Å². The first-order valence-electron chi connectivity index (χ1n) is 7.25. The molecule has 0 bridgehead atoms. The van der Waals surface area contributed by atoms with Crippen LogP contribution in [-0.4, -0.2) is 35.4 Å². The van der Waals surface area contributed by atoms with Crippen molar-refractivity contribution in [3.63, 3.8) is 0 Å². The number of carbonyl (C=O) groups is 2. The molecule has 1 aromatic rings. The summed E-state index contributed by atoms with van der Waals surface area (Å²) in [6.07, 6.45) is 2.55. The van der Waals surface area contributed by atoms with Gasteiger partial charge in [-0.15, -0.1) is 0 Å². The summed E-state index contributed by atoms with van der Waals surface area (Å²) >= 11 is 0. The summed E-state index contributed by atoms with van der Waals surface area (Å²) in [7, 11) is 0. The first-order valence-corrected chi connectivity index (χ1v) is 7.25. The van der Waals surface area contributed by atoms with Gasteiger partial charge < -0.3 is 16.0 Å². The number of hydrogen-bond acceptors (Lipinski definition) is 4. The maximum absolute atomic E-state index is 12.1. The van der Waals surface area contributed by atoms with E-state index >= 15 is 0 Å². The molecular weight excluding hydrogens is 268 g/mol. The molecule has 1 atom stereocenters. The Morgan fingerprint density at radius 3 is 2.57 bits per heavy atom. The van der Waals surface area contributed by atoms with Crippen LogP contribution in [0.25, 0.3) is 0 Å². The Morgan fingerprint density at radius 2 is 1.95 bits per heavy atom. The Balaban J connectivity index is 2.64. The monoisotopic (exact) mass is 292 g/mol. The predicted octanol–water partition coefficient (Wildman–Crippen LogP) is 1.55. The fraction of sp³-hybridized carbons (Fsp3) is 0.533. The van der Waals surface area contributed by atoms with Crippen LogP contribution in [0.5, 0.6) is 0 Å². The normalized spacial score (nSPS) is 11.9.